The number of aromatic nitrogens is 3. The maximum absolute atomic E-state index is 12.7. The number of nitrogens with zero attached hydrogens (tertiary/aromatic N) is 4. The van der Waals surface area contributed by atoms with E-state index in [1.807, 2.05) is 30.9 Å². The lowest BCUT2D eigenvalue weighted by molar-refractivity contribution is 0.100. The average molecular weight is 576 g/mol. The van der Waals surface area contributed by atoms with Crippen molar-refractivity contribution >= 4 is 45.3 Å². The van der Waals surface area contributed by atoms with Crippen molar-refractivity contribution in [2.45, 2.75) is 79.7 Å². The van der Waals surface area contributed by atoms with E-state index in [9.17, 15) is 9.59 Å². The molecule has 3 aromatic heterocycles. The summed E-state index contributed by atoms with van der Waals surface area (Å²) in [6.45, 7) is 14.8. The van der Waals surface area contributed by atoms with Gasteiger partial charge in [0.1, 0.15) is 11.2 Å². The Kier molecular flexibility index (Phi) is 10.7. The summed E-state index contributed by atoms with van der Waals surface area (Å²) in [5.74, 6) is 1.89. The normalized spacial score (nSPS) is 15.4. The minimum atomic E-state index is -0.0804. The van der Waals surface area contributed by atoms with Crippen molar-refractivity contribution in [3.8, 4) is 0 Å². The van der Waals surface area contributed by atoms with Gasteiger partial charge in [-0.3, -0.25) is 9.59 Å². The molecule has 1 saturated carbocycles. The Morgan fingerprint density at radius 3 is 2.43 bits per heavy atom. The van der Waals surface area contributed by atoms with Crippen LogP contribution in [0.15, 0.2) is 45.7 Å². The predicted octanol–water partition coefficient (Wildman–Crippen LogP) is 7.51. The fourth-order valence-corrected chi connectivity index (χ4v) is 5.16. The largest absolute Gasteiger partial charge is 0.440 e. The second kappa shape index (κ2) is 14.4. The number of morpholine rings is 1. The summed E-state index contributed by atoms with van der Waals surface area (Å²) in [5, 5.41) is 4.62. The topological polar surface area (TPSA) is 102 Å². The highest BCUT2D eigenvalue weighted by Crippen LogP contribution is 2.35. The van der Waals surface area contributed by atoms with E-state index >= 15 is 0 Å². The van der Waals surface area contributed by atoms with E-state index in [1.165, 1.54) is 6.42 Å². The van der Waals surface area contributed by atoms with E-state index in [1.54, 1.807) is 31.3 Å². The molecule has 2 aliphatic rings. The minimum absolute atomic E-state index is 0.0324. The third-order valence-electron chi connectivity index (χ3n) is 7.74. The summed E-state index contributed by atoms with van der Waals surface area (Å²) < 4.78 is 13.6. The zero-order valence-corrected chi connectivity index (χ0v) is 25.9. The first-order chi connectivity index (χ1) is 20.3. The average Bonchev–Trinajstić information content (AvgIpc) is 3.67. The van der Waals surface area contributed by atoms with Crippen molar-refractivity contribution in [2.24, 2.45) is 5.92 Å². The van der Waals surface area contributed by atoms with Crippen LogP contribution in [0.1, 0.15) is 90.2 Å². The maximum atomic E-state index is 12.7. The smallest absolute Gasteiger partial charge is 0.229 e. The fourth-order valence-electron chi connectivity index (χ4n) is 5.16. The molecule has 42 heavy (non-hydrogen) atoms. The molecule has 4 heterocycles. The summed E-state index contributed by atoms with van der Waals surface area (Å²) in [6, 6.07) is 9.07. The lowest BCUT2D eigenvalue weighted by Gasteiger charge is -2.27. The zero-order valence-electron chi connectivity index (χ0n) is 25.9. The Morgan fingerprint density at radius 1 is 1.10 bits per heavy atom. The van der Waals surface area contributed by atoms with Crippen LogP contribution in [-0.2, 0) is 4.74 Å². The van der Waals surface area contributed by atoms with Crippen LogP contribution in [-0.4, -0.2) is 46.6 Å². The molecular formula is C33H45N5O4. The molecule has 226 valence electrons. The van der Waals surface area contributed by atoms with Gasteiger partial charge in [-0.25, -0.2) is 4.98 Å². The lowest BCUT2D eigenvalue weighted by atomic mass is 10.2. The number of ketones is 1. The predicted molar refractivity (Wildman–Crippen MR) is 170 cm³/mol. The number of fused-ring (bicyclic) bond motifs is 2. The molecule has 0 radical (unpaired) electrons. The molecule has 0 atom stereocenters. The zero-order chi connectivity index (χ0) is 30.2. The summed E-state index contributed by atoms with van der Waals surface area (Å²) >= 11 is 0. The summed E-state index contributed by atoms with van der Waals surface area (Å²) in [6.07, 6.45) is 7.47. The molecule has 6 rings (SSSR count). The van der Waals surface area contributed by atoms with Crippen LogP contribution in [0.25, 0.3) is 22.0 Å². The van der Waals surface area contributed by atoms with Gasteiger partial charge < -0.3 is 23.9 Å². The Morgan fingerprint density at radius 2 is 1.79 bits per heavy atom. The third kappa shape index (κ3) is 7.18. The van der Waals surface area contributed by atoms with Gasteiger partial charge >= 0.3 is 0 Å². The van der Waals surface area contributed by atoms with E-state index in [4.69, 9.17) is 14.1 Å². The van der Waals surface area contributed by atoms with Gasteiger partial charge in [0, 0.05) is 55.5 Å². The van der Waals surface area contributed by atoms with Crippen molar-refractivity contribution < 1.29 is 13.9 Å². The van der Waals surface area contributed by atoms with Gasteiger partial charge in [-0.1, -0.05) is 53.9 Å². The van der Waals surface area contributed by atoms with E-state index < -0.39 is 0 Å². The van der Waals surface area contributed by atoms with Crippen LogP contribution in [0.4, 0.5) is 17.5 Å². The number of nitrogens with one attached hydrogen (secondary N) is 1. The van der Waals surface area contributed by atoms with Crippen molar-refractivity contribution in [1.29, 1.82) is 0 Å². The highest BCUT2D eigenvalue weighted by molar-refractivity contribution is 5.98. The standard InChI is InChI=1S/C26H27N5O4.C5H12.C2H6/c1-16(32)21-12-17-15-27-26(29-25(17)31(21)19-4-2-3-5-19)28-18-6-7-20-22(33)14-24(35-23(20)13-18)30-8-10-34-11-9-30;1-4-5(2)3;1-2/h6-7,12-15,19H,2-5,8-11H2,1H3,(H,27,28,29);5H,4H2,1-3H3;1-2H3. The van der Waals surface area contributed by atoms with Gasteiger partial charge in [-0.05, 0) is 37.0 Å². The van der Waals surface area contributed by atoms with Crippen molar-refractivity contribution in [2.75, 3.05) is 36.5 Å². The minimum Gasteiger partial charge on any atom is -0.440 e. The summed E-state index contributed by atoms with van der Waals surface area (Å²) in [7, 11) is 0. The van der Waals surface area contributed by atoms with Crippen LogP contribution >= 0.6 is 0 Å². The van der Waals surface area contributed by atoms with Gasteiger partial charge in [-0.2, -0.15) is 4.98 Å². The third-order valence-corrected chi connectivity index (χ3v) is 7.74. The van der Waals surface area contributed by atoms with Crippen LogP contribution < -0.4 is 15.6 Å². The Labute approximate surface area is 248 Å². The molecule has 2 fully saturated rings. The number of benzene rings is 1. The molecule has 9 heteroatoms. The molecule has 1 aliphatic heterocycles. The maximum Gasteiger partial charge on any atom is 0.229 e. The van der Waals surface area contributed by atoms with Crippen molar-refractivity contribution in [3.05, 3.63) is 52.4 Å². The van der Waals surface area contributed by atoms with Gasteiger partial charge in [0.05, 0.1) is 24.3 Å². The molecular weight excluding hydrogens is 530 g/mol. The SMILES string of the molecule is CC.CC(=O)c1cc2cnc(Nc3ccc4c(=O)cc(N5CCOCC5)oc4c3)nc2n1C1CCCC1.CCC(C)C. The van der Waals surface area contributed by atoms with Crippen molar-refractivity contribution in [1.82, 2.24) is 14.5 Å². The van der Waals surface area contributed by atoms with Crippen LogP contribution in [0.2, 0.25) is 0 Å². The molecule has 0 amide bonds. The van der Waals surface area contributed by atoms with Gasteiger partial charge in [0.2, 0.25) is 5.95 Å². The van der Waals surface area contributed by atoms with E-state index in [2.05, 4.69) is 35.6 Å². The number of anilines is 3. The lowest BCUT2D eigenvalue weighted by Crippen LogP contribution is -2.36. The number of Topliss-reactive ketones (excluding diaryl/α,β-unsaturated/α-hetero) is 1. The number of hydrogen-bond acceptors (Lipinski definition) is 8. The van der Waals surface area contributed by atoms with Crippen molar-refractivity contribution in [3.63, 3.8) is 0 Å². The van der Waals surface area contributed by atoms with E-state index in [0.717, 1.165) is 42.6 Å². The number of ether oxygens (including phenoxy) is 1. The van der Waals surface area contributed by atoms with Crippen LogP contribution in [0.3, 0.4) is 0 Å². The Bertz CT molecular complexity index is 1550. The molecule has 1 saturated heterocycles. The summed E-state index contributed by atoms with van der Waals surface area (Å²) in [4.78, 5) is 36.3. The highest BCUT2D eigenvalue weighted by Gasteiger charge is 2.24. The molecule has 9 nitrogen and oxygen atoms in total. The first-order valence-corrected chi connectivity index (χ1v) is 15.4. The number of carbonyl (C=O) groups is 1. The molecule has 0 unspecified atom stereocenters. The molecule has 1 N–H and O–H groups in total. The number of rotatable bonds is 6. The van der Waals surface area contributed by atoms with Crippen LogP contribution in [0.5, 0.6) is 0 Å². The second-order valence-electron chi connectivity index (χ2n) is 11.1. The van der Waals surface area contributed by atoms with E-state index in [0.29, 0.717) is 60.5 Å². The van der Waals surface area contributed by atoms with Gasteiger partial charge in [-0.15, -0.1) is 0 Å². The number of hydrogen-bond donors (Lipinski definition) is 1. The number of carbonyl (C=O) groups excluding carboxylic acids is 1. The first kappa shape index (κ1) is 31.2. The van der Waals surface area contributed by atoms with Crippen LogP contribution in [0, 0.1) is 5.92 Å². The Balaban J connectivity index is 0.000000526. The van der Waals surface area contributed by atoms with Gasteiger partial charge in [0.25, 0.3) is 0 Å². The fraction of sp³-hybridized carbons (Fsp3) is 0.515. The first-order valence-electron chi connectivity index (χ1n) is 15.4. The van der Waals surface area contributed by atoms with E-state index in [-0.39, 0.29) is 17.3 Å². The molecule has 1 aliphatic carbocycles. The molecule has 0 spiro atoms. The Hall–Kier alpha value is -3.72. The monoisotopic (exact) mass is 575 g/mol. The second-order valence-corrected chi connectivity index (χ2v) is 11.1. The molecule has 0 bridgehead atoms. The molecule has 1 aromatic carbocycles. The quantitative estimate of drug-likeness (QED) is 0.236. The summed E-state index contributed by atoms with van der Waals surface area (Å²) in [5.41, 5.74) is 2.58. The van der Waals surface area contributed by atoms with Gasteiger partial charge in [0.15, 0.2) is 17.1 Å². The molecule has 4 aromatic rings. The highest BCUT2D eigenvalue weighted by atomic mass is 16.5.